The average molecular weight is 390 g/mol. The van der Waals surface area contributed by atoms with Crippen molar-refractivity contribution in [3.63, 3.8) is 0 Å². The molecule has 24 heavy (non-hydrogen) atoms. The van der Waals surface area contributed by atoms with Crippen molar-refractivity contribution in [1.82, 2.24) is 5.16 Å². The third-order valence-electron chi connectivity index (χ3n) is 3.71. The van der Waals surface area contributed by atoms with Crippen molar-refractivity contribution in [3.8, 4) is 34.1 Å². The predicted molar refractivity (Wildman–Crippen MR) is 94.1 cm³/mol. The molecular weight excluding hydrogens is 374 g/mol. The van der Waals surface area contributed by atoms with Crippen LogP contribution in [-0.4, -0.2) is 24.5 Å². The first kappa shape index (κ1) is 16.5. The second-order valence-corrected chi connectivity index (χ2v) is 5.96. The largest absolute Gasteiger partial charge is 0.493 e. The Morgan fingerprint density at radius 1 is 1.08 bits per heavy atom. The summed E-state index contributed by atoms with van der Waals surface area (Å²) in [5.41, 5.74) is 2.74. The van der Waals surface area contributed by atoms with Crippen LogP contribution in [0.4, 0.5) is 0 Å². The lowest BCUT2D eigenvalue weighted by atomic mass is 10.0. The molecule has 0 saturated heterocycles. The Balaban J connectivity index is 2.16. The first-order valence-corrected chi connectivity index (χ1v) is 8.05. The van der Waals surface area contributed by atoms with Crippen LogP contribution in [0.1, 0.15) is 5.56 Å². The molecule has 3 aromatic rings. The number of halogens is 1. The topological polar surface area (TPSA) is 64.7 Å². The highest BCUT2D eigenvalue weighted by Gasteiger charge is 2.22. The number of aliphatic hydroxyl groups excluding tert-OH is 1. The number of hydrogen-bond donors (Lipinski definition) is 1. The van der Waals surface area contributed by atoms with Gasteiger partial charge in [0.15, 0.2) is 17.3 Å². The van der Waals surface area contributed by atoms with E-state index in [4.69, 9.17) is 14.0 Å². The summed E-state index contributed by atoms with van der Waals surface area (Å²) >= 11 is 3.41. The van der Waals surface area contributed by atoms with Crippen LogP contribution in [0.5, 0.6) is 11.5 Å². The smallest absolute Gasteiger partial charge is 0.176 e. The van der Waals surface area contributed by atoms with Gasteiger partial charge in [0.2, 0.25) is 0 Å². The second-order valence-electron chi connectivity index (χ2n) is 5.04. The summed E-state index contributed by atoms with van der Waals surface area (Å²) in [6, 6.07) is 13.1. The van der Waals surface area contributed by atoms with E-state index in [0.717, 1.165) is 10.0 Å². The van der Waals surface area contributed by atoms with E-state index < -0.39 is 0 Å². The molecule has 0 bridgehead atoms. The summed E-state index contributed by atoms with van der Waals surface area (Å²) in [5.74, 6) is 1.58. The molecule has 2 aromatic carbocycles. The van der Waals surface area contributed by atoms with Gasteiger partial charge in [0.25, 0.3) is 0 Å². The van der Waals surface area contributed by atoms with Crippen molar-refractivity contribution in [3.05, 3.63) is 52.5 Å². The quantitative estimate of drug-likeness (QED) is 0.705. The van der Waals surface area contributed by atoms with E-state index in [1.165, 1.54) is 0 Å². The summed E-state index contributed by atoms with van der Waals surface area (Å²) < 4.78 is 17.3. The number of aliphatic hydroxyl groups is 1. The van der Waals surface area contributed by atoms with Gasteiger partial charge in [0.1, 0.15) is 5.69 Å². The fraction of sp³-hybridized carbons (Fsp3) is 0.167. The van der Waals surface area contributed by atoms with E-state index in [-0.39, 0.29) is 6.61 Å². The van der Waals surface area contributed by atoms with Gasteiger partial charge in [-0.1, -0.05) is 39.3 Å². The summed E-state index contributed by atoms with van der Waals surface area (Å²) in [6.07, 6.45) is 0. The van der Waals surface area contributed by atoms with Gasteiger partial charge in [-0.3, -0.25) is 0 Å². The fourth-order valence-corrected chi connectivity index (χ4v) is 2.83. The van der Waals surface area contributed by atoms with Gasteiger partial charge in [0.05, 0.1) is 32.0 Å². The molecule has 0 fully saturated rings. The van der Waals surface area contributed by atoms with Crippen LogP contribution in [0.3, 0.4) is 0 Å². The Morgan fingerprint density at radius 2 is 1.83 bits per heavy atom. The molecule has 0 unspecified atom stereocenters. The number of methoxy groups -OCH3 is 2. The molecule has 124 valence electrons. The fourth-order valence-electron chi connectivity index (χ4n) is 2.57. The third kappa shape index (κ3) is 2.90. The van der Waals surface area contributed by atoms with E-state index in [1.54, 1.807) is 20.3 Å². The van der Waals surface area contributed by atoms with E-state index in [0.29, 0.717) is 34.1 Å². The summed E-state index contributed by atoms with van der Waals surface area (Å²) in [7, 11) is 3.13. The van der Waals surface area contributed by atoms with Crippen molar-refractivity contribution in [2.75, 3.05) is 14.2 Å². The molecule has 5 nitrogen and oxygen atoms in total. The normalized spacial score (nSPS) is 10.7. The minimum atomic E-state index is -0.204. The molecule has 3 rings (SSSR count). The maximum absolute atomic E-state index is 9.87. The number of rotatable bonds is 5. The third-order valence-corrected chi connectivity index (χ3v) is 4.24. The number of para-hydroxylation sites is 1. The lowest BCUT2D eigenvalue weighted by Gasteiger charge is -2.11. The molecule has 0 radical (unpaired) electrons. The highest BCUT2D eigenvalue weighted by molar-refractivity contribution is 9.10. The summed E-state index contributed by atoms with van der Waals surface area (Å²) in [6.45, 7) is -0.204. The zero-order valence-corrected chi connectivity index (χ0v) is 14.8. The highest BCUT2D eigenvalue weighted by Crippen LogP contribution is 2.41. The second kappa shape index (κ2) is 7.07. The SMILES string of the molecule is COc1cccc(-c2onc(-c3ccc(Br)cc3)c2CO)c1OC. The number of hydrogen-bond acceptors (Lipinski definition) is 5. The Labute approximate surface area is 147 Å². The van der Waals surface area contributed by atoms with E-state index in [9.17, 15) is 5.11 Å². The molecule has 0 aliphatic heterocycles. The van der Waals surface area contributed by atoms with Crippen molar-refractivity contribution >= 4 is 15.9 Å². The Hall–Kier alpha value is -2.31. The van der Waals surface area contributed by atoms with Gasteiger partial charge >= 0.3 is 0 Å². The summed E-state index contributed by atoms with van der Waals surface area (Å²) in [5, 5.41) is 14.0. The lowest BCUT2D eigenvalue weighted by molar-refractivity contribution is 0.281. The number of benzene rings is 2. The molecule has 0 aliphatic carbocycles. The van der Waals surface area contributed by atoms with Crippen LogP contribution in [0.2, 0.25) is 0 Å². The van der Waals surface area contributed by atoms with Crippen LogP contribution >= 0.6 is 15.9 Å². The Morgan fingerprint density at radius 3 is 2.46 bits per heavy atom. The lowest BCUT2D eigenvalue weighted by Crippen LogP contribution is -1.95. The van der Waals surface area contributed by atoms with E-state index in [1.807, 2.05) is 36.4 Å². The van der Waals surface area contributed by atoms with Crippen molar-refractivity contribution < 1.29 is 19.1 Å². The molecule has 0 aliphatic rings. The van der Waals surface area contributed by atoms with Crippen LogP contribution in [-0.2, 0) is 6.61 Å². The Kier molecular flexibility index (Phi) is 4.87. The van der Waals surface area contributed by atoms with Gasteiger partial charge in [0, 0.05) is 10.0 Å². The molecule has 1 aromatic heterocycles. The molecular formula is C18H16BrNO4. The molecule has 6 heteroatoms. The van der Waals surface area contributed by atoms with Crippen LogP contribution in [0.25, 0.3) is 22.6 Å². The maximum Gasteiger partial charge on any atom is 0.176 e. The molecule has 1 N–H and O–H groups in total. The van der Waals surface area contributed by atoms with Crippen LogP contribution in [0, 0.1) is 0 Å². The minimum Gasteiger partial charge on any atom is -0.493 e. The first-order valence-electron chi connectivity index (χ1n) is 7.26. The monoisotopic (exact) mass is 389 g/mol. The van der Waals surface area contributed by atoms with Gasteiger partial charge in [-0.25, -0.2) is 0 Å². The van der Waals surface area contributed by atoms with Gasteiger partial charge < -0.3 is 19.1 Å². The number of nitrogens with zero attached hydrogens (tertiary/aromatic N) is 1. The minimum absolute atomic E-state index is 0.204. The first-order chi connectivity index (χ1) is 11.7. The van der Waals surface area contributed by atoms with Gasteiger partial charge in [-0.05, 0) is 24.3 Å². The molecule has 0 amide bonds. The summed E-state index contributed by atoms with van der Waals surface area (Å²) in [4.78, 5) is 0. The molecule has 0 atom stereocenters. The standard InChI is InChI=1S/C18H16BrNO4/c1-22-15-5-3-4-13(18(15)23-2)17-14(10-21)16(20-24-17)11-6-8-12(19)9-7-11/h3-9,21H,10H2,1-2H3. The highest BCUT2D eigenvalue weighted by atomic mass is 79.9. The maximum atomic E-state index is 9.87. The zero-order valence-electron chi connectivity index (χ0n) is 13.2. The number of aromatic nitrogens is 1. The van der Waals surface area contributed by atoms with Crippen molar-refractivity contribution in [2.45, 2.75) is 6.61 Å². The average Bonchev–Trinajstić information content (AvgIpc) is 3.05. The zero-order chi connectivity index (χ0) is 17.1. The van der Waals surface area contributed by atoms with E-state index in [2.05, 4.69) is 21.1 Å². The Bertz CT molecular complexity index is 843. The van der Waals surface area contributed by atoms with Crippen LogP contribution in [0.15, 0.2) is 51.5 Å². The molecule has 0 saturated carbocycles. The molecule has 0 spiro atoms. The van der Waals surface area contributed by atoms with Crippen molar-refractivity contribution in [1.29, 1.82) is 0 Å². The number of ether oxygens (including phenoxy) is 2. The van der Waals surface area contributed by atoms with E-state index >= 15 is 0 Å². The predicted octanol–water partition coefficient (Wildman–Crippen LogP) is 4.28. The van der Waals surface area contributed by atoms with Gasteiger partial charge in [-0.2, -0.15) is 0 Å². The van der Waals surface area contributed by atoms with Crippen LogP contribution < -0.4 is 9.47 Å². The molecule has 1 heterocycles. The van der Waals surface area contributed by atoms with Crippen molar-refractivity contribution in [2.24, 2.45) is 0 Å². The van der Waals surface area contributed by atoms with Gasteiger partial charge in [-0.15, -0.1) is 0 Å².